The lowest BCUT2D eigenvalue weighted by molar-refractivity contribution is -0.147. The van der Waals surface area contributed by atoms with Crippen molar-refractivity contribution >= 4 is 26.0 Å². The molecule has 0 amide bonds. The van der Waals surface area contributed by atoms with Gasteiger partial charge >= 0.3 is 5.97 Å². The molecule has 0 radical (unpaired) electrons. The number of hydrogen-bond acceptors (Lipinski definition) is 4. The molecule has 0 saturated heterocycles. The standard InChI is InChI=1S/C18H30O3SSi/c1-14(21-23(6,7)18(2,3)4)16(17(19)20-5)13-22-15-11-9-8-10-12-15/h8-12,14,16H,13H2,1-7H3/t14-,16+/m1/s1. The van der Waals surface area contributed by atoms with Crippen molar-refractivity contribution in [2.45, 2.75) is 56.8 Å². The molecule has 0 aromatic heterocycles. The zero-order valence-electron chi connectivity index (χ0n) is 15.4. The minimum atomic E-state index is -1.91. The number of hydrogen-bond donors (Lipinski definition) is 0. The first-order chi connectivity index (χ1) is 10.6. The summed E-state index contributed by atoms with van der Waals surface area (Å²) in [5, 5.41) is 0.120. The lowest BCUT2D eigenvalue weighted by atomic mass is 10.1. The summed E-state index contributed by atoms with van der Waals surface area (Å²) in [6.45, 7) is 13.0. The Morgan fingerprint density at radius 2 is 1.78 bits per heavy atom. The van der Waals surface area contributed by atoms with Crippen LogP contribution in [-0.2, 0) is 14.0 Å². The zero-order valence-corrected chi connectivity index (χ0v) is 17.2. The van der Waals surface area contributed by atoms with Gasteiger partial charge < -0.3 is 9.16 Å². The second-order valence-corrected chi connectivity index (χ2v) is 13.2. The number of rotatable bonds is 7. The van der Waals surface area contributed by atoms with Crippen molar-refractivity contribution in [1.29, 1.82) is 0 Å². The van der Waals surface area contributed by atoms with Gasteiger partial charge in [-0.2, -0.15) is 0 Å². The Labute approximate surface area is 146 Å². The first-order valence-electron chi connectivity index (χ1n) is 8.02. The van der Waals surface area contributed by atoms with Gasteiger partial charge in [0.2, 0.25) is 0 Å². The van der Waals surface area contributed by atoms with Crippen molar-refractivity contribution in [3.05, 3.63) is 30.3 Å². The van der Waals surface area contributed by atoms with E-state index in [1.165, 1.54) is 7.11 Å². The molecule has 23 heavy (non-hydrogen) atoms. The monoisotopic (exact) mass is 354 g/mol. The van der Waals surface area contributed by atoms with Crippen LogP contribution in [0.25, 0.3) is 0 Å². The lowest BCUT2D eigenvalue weighted by Gasteiger charge is -2.39. The van der Waals surface area contributed by atoms with Crippen LogP contribution in [-0.4, -0.2) is 33.3 Å². The highest BCUT2D eigenvalue weighted by Crippen LogP contribution is 2.38. The molecule has 0 aliphatic rings. The Morgan fingerprint density at radius 3 is 2.26 bits per heavy atom. The largest absolute Gasteiger partial charge is 0.469 e. The summed E-state index contributed by atoms with van der Waals surface area (Å²) in [5.41, 5.74) is 0. The molecular formula is C18H30O3SSi. The smallest absolute Gasteiger partial charge is 0.312 e. The SMILES string of the molecule is COC(=O)[C@@H](CSc1ccccc1)[C@@H](C)O[Si](C)(C)C(C)(C)C. The molecule has 0 N–H and O–H groups in total. The molecular weight excluding hydrogens is 324 g/mol. The predicted octanol–water partition coefficient (Wildman–Crippen LogP) is 4.98. The Morgan fingerprint density at radius 1 is 1.22 bits per heavy atom. The average Bonchev–Trinajstić information content (AvgIpc) is 2.46. The fourth-order valence-corrected chi connectivity index (χ4v) is 4.55. The number of thioether (sulfide) groups is 1. The van der Waals surface area contributed by atoms with Crippen LogP contribution in [0, 0.1) is 5.92 Å². The van der Waals surface area contributed by atoms with Crippen molar-refractivity contribution in [3.63, 3.8) is 0 Å². The van der Waals surface area contributed by atoms with E-state index in [2.05, 4.69) is 46.0 Å². The van der Waals surface area contributed by atoms with Gasteiger partial charge in [-0.3, -0.25) is 4.79 Å². The van der Waals surface area contributed by atoms with E-state index in [4.69, 9.17) is 9.16 Å². The number of esters is 1. The van der Waals surface area contributed by atoms with Crippen LogP contribution in [0.2, 0.25) is 18.1 Å². The Balaban J connectivity index is 2.79. The van der Waals surface area contributed by atoms with E-state index in [1.807, 2.05) is 25.1 Å². The van der Waals surface area contributed by atoms with Crippen LogP contribution in [0.15, 0.2) is 35.2 Å². The van der Waals surface area contributed by atoms with Gasteiger partial charge in [-0.15, -0.1) is 11.8 Å². The van der Waals surface area contributed by atoms with Crippen LogP contribution in [0.5, 0.6) is 0 Å². The van der Waals surface area contributed by atoms with Gasteiger partial charge in [-0.25, -0.2) is 0 Å². The maximum absolute atomic E-state index is 12.2. The average molecular weight is 355 g/mol. The van der Waals surface area contributed by atoms with E-state index in [1.54, 1.807) is 11.8 Å². The zero-order chi connectivity index (χ0) is 17.7. The van der Waals surface area contributed by atoms with E-state index in [9.17, 15) is 4.79 Å². The molecule has 0 aliphatic heterocycles. The highest BCUT2D eigenvalue weighted by atomic mass is 32.2. The molecule has 1 aromatic rings. The molecule has 1 rings (SSSR count). The van der Waals surface area contributed by atoms with Crippen LogP contribution >= 0.6 is 11.8 Å². The summed E-state index contributed by atoms with van der Waals surface area (Å²) >= 11 is 1.67. The summed E-state index contributed by atoms with van der Waals surface area (Å²) in [7, 11) is -0.469. The molecule has 0 aliphatic carbocycles. The van der Waals surface area contributed by atoms with Crippen molar-refractivity contribution in [2.75, 3.05) is 12.9 Å². The van der Waals surface area contributed by atoms with E-state index >= 15 is 0 Å². The first-order valence-corrected chi connectivity index (χ1v) is 11.9. The van der Waals surface area contributed by atoms with Gasteiger partial charge in [0.1, 0.15) is 0 Å². The normalized spacial score (nSPS) is 15.1. The number of carbonyl (C=O) groups is 1. The Bertz CT molecular complexity index is 497. The van der Waals surface area contributed by atoms with Gasteiger partial charge in [-0.1, -0.05) is 39.0 Å². The molecule has 1 aromatic carbocycles. The first kappa shape index (κ1) is 20.3. The van der Waals surface area contributed by atoms with Gasteiger partial charge in [0.25, 0.3) is 0 Å². The molecule has 0 bridgehead atoms. The number of carbonyl (C=O) groups excluding carboxylic acids is 1. The lowest BCUT2D eigenvalue weighted by Crippen LogP contribution is -2.46. The van der Waals surface area contributed by atoms with Crippen LogP contribution in [0.4, 0.5) is 0 Å². The number of methoxy groups -OCH3 is 1. The maximum atomic E-state index is 12.2. The minimum absolute atomic E-state index is 0.120. The third kappa shape index (κ3) is 5.97. The quantitative estimate of drug-likeness (QED) is 0.393. The summed E-state index contributed by atoms with van der Waals surface area (Å²) in [4.78, 5) is 13.4. The van der Waals surface area contributed by atoms with E-state index in [-0.39, 0.29) is 23.0 Å². The fraction of sp³-hybridized carbons (Fsp3) is 0.611. The molecule has 0 saturated carbocycles. The Hall–Kier alpha value is -0.783. The molecule has 0 fully saturated rings. The van der Waals surface area contributed by atoms with Gasteiger partial charge in [0, 0.05) is 10.6 Å². The molecule has 130 valence electrons. The second kappa shape index (κ2) is 8.35. The van der Waals surface area contributed by atoms with E-state index in [0.717, 1.165) is 4.90 Å². The molecule has 5 heteroatoms. The van der Waals surface area contributed by atoms with Crippen molar-refractivity contribution in [1.82, 2.24) is 0 Å². The highest BCUT2D eigenvalue weighted by molar-refractivity contribution is 7.99. The van der Waals surface area contributed by atoms with Crippen molar-refractivity contribution in [2.24, 2.45) is 5.92 Å². The predicted molar refractivity (Wildman–Crippen MR) is 100 cm³/mol. The van der Waals surface area contributed by atoms with Gasteiger partial charge in [0.05, 0.1) is 19.1 Å². The fourth-order valence-electron chi connectivity index (χ4n) is 1.97. The number of benzene rings is 1. The second-order valence-electron chi connectivity index (χ2n) is 7.34. The van der Waals surface area contributed by atoms with Gasteiger partial charge in [0.15, 0.2) is 8.32 Å². The highest BCUT2D eigenvalue weighted by Gasteiger charge is 2.41. The van der Waals surface area contributed by atoms with Gasteiger partial charge in [-0.05, 0) is 37.2 Å². The van der Waals surface area contributed by atoms with Crippen LogP contribution in [0.1, 0.15) is 27.7 Å². The topological polar surface area (TPSA) is 35.5 Å². The summed E-state index contributed by atoms with van der Waals surface area (Å²) in [6, 6.07) is 10.1. The van der Waals surface area contributed by atoms with E-state index in [0.29, 0.717) is 5.75 Å². The molecule has 3 nitrogen and oxygen atoms in total. The van der Waals surface area contributed by atoms with Crippen LogP contribution in [0.3, 0.4) is 0 Å². The maximum Gasteiger partial charge on any atom is 0.312 e. The molecule has 0 heterocycles. The molecule has 0 spiro atoms. The minimum Gasteiger partial charge on any atom is -0.469 e. The van der Waals surface area contributed by atoms with Crippen molar-refractivity contribution < 1.29 is 14.0 Å². The van der Waals surface area contributed by atoms with Crippen LogP contribution < -0.4 is 0 Å². The third-order valence-electron chi connectivity index (χ3n) is 4.53. The van der Waals surface area contributed by atoms with E-state index < -0.39 is 8.32 Å². The van der Waals surface area contributed by atoms with Crippen molar-refractivity contribution in [3.8, 4) is 0 Å². The summed E-state index contributed by atoms with van der Waals surface area (Å²) < 4.78 is 11.4. The molecule has 2 atom stereocenters. The number of ether oxygens (including phenoxy) is 1. The summed E-state index contributed by atoms with van der Waals surface area (Å²) in [6.07, 6.45) is -0.153. The summed E-state index contributed by atoms with van der Waals surface area (Å²) in [5.74, 6) is 0.200. The third-order valence-corrected chi connectivity index (χ3v) is 10.2. The Kier molecular flexibility index (Phi) is 7.36. The molecule has 0 unspecified atom stereocenters.